The van der Waals surface area contributed by atoms with Crippen molar-refractivity contribution in [1.29, 1.82) is 0 Å². The first kappa shape index (κ1) is 6.68. The molecular formula is C8H10N2. The molecule has 0 bridgehead atoms. The SMILES string of the molecule is C=CNc1ccccc1N. The smallest absolute Gasteiger partial charge is 0.0613 e. The average molecular weight is 134 g/mol. The minimum atomic E-state index is 0.738. The maximum absolute atomic E-state index is 5.60. The molecular weight excluding hydrogens is 124 g/mol. The lowest BCUT2D eigenvalue weighted by atomic mass is 10.3. The molecule has 0 unspecified atom stereocenters. The van der Waals surface area contributed by atoms with Gasteiger partial charge in [-0.05, 0) is 18.3 Å². The van der Waals surface area contributed by atoms with E-state index in [9.17, 15) is 0 Å². The van der Waals surface area contributed by atoms with Gasteiger partial charge in [0.15, 0.2) is 0 Å². The van der Waals surface area contributed by atoms with Gasteiger partial charge < -0.3 is 11.1 Å². The minimum absolute atomic E-state index is 0.738. The molecule has 0 aliphatic rings. The monoisotopic (exact) mass is 134 g/mol. The van der Waals surface area contributed by atoms with Gasteiger partial charge in [-0.1, -0.05) is 18.7 Å². The molecule has 0 aliphatic heterocycles. The third kappa shape index (κ3) is 1.29. The summed E-state index contributed by atoms with van der Waals surface area (Å²) in [5.41, 5.74) is 7.24. The van der Waals surface area contributed by atoms with Crippen molar-refractivity contribution >= 4 is 11.4 Å². The lowest BCUT2D eigenvalue weighted by molar-refractivity contribution is 1.59. The van der Waals surface area contributed by atoms with E-state index in [0.29, 0.717) is 0 Å². The van der Waals surface area contributed by atoms with Crippen molar-refractivity contribution in [1.82, 2.24) is 0 Å². The summed E-state index contributed by atoms with van der Waals surface area (Å²) in [6, 6.07) is 7.55. The van der Waals surface area contributed by atoms with E-state index < -0.39 is 0 Å². The summed E-state index contributed by atoms with van der Waals surface area (Å²) < 4.78 is 0. The molecule has 0 atom stereocenters. The second-order valence-corrected chi connectivity index (χ2v) is 1.94. The van der Waals surface area contributed by atoms with Crippen LogP contribution in [0.4, 0.5) is 11.4 Å². The summed E-state index contributed by atoms with van der Waals surface area (Å²) in [5.74, 6) is 0. The highest BCUT2D eigenvalue weighted by Crippen LogP contribution is 2.15. The molecule has 10 heavy (non-hydrogen) atoms. The van der Waals surface area contributed by atoms with E-state index in [2.05, 4.69) is 11.9 Å². The molecule has 1 rings (SSSR count). The highest BCUT2D eigenvalue weighted by molar-refractivity contribution is 5.66. The zero-order chi connectivity index (χ0) is 7.40. The van der Waals surface area contributed by atoms with E-state index in [4.69, 9.17) is 5.73 Å². The van der Waals surface area contributed by atoms with E-state index in [1.54, 1.807) is 6.20 Å². The number of benzene rings is 1. The number of nitrogens with one attached hydrogen (secondary N) is 1. The molecule has 1 aromatic rings. The number of para-hydroxylation sites is 2. The van der Waals surface area contributed by atoms with E-state index in [-0.39, 0.29) is 0 Å². The van der Waals surface area contributed by atoms with Crippen LogP contribution in [0.2, 0.25) is 0 Å². The first-order valence-electron chi connectivity index (χ1n) is 3.06. The third-order valence-electron chi connectivity index (χ3n) is 1.22. The second kappa shape index (κ2) is 2.92. The van der Waals surface area contributed by atoms with Crippen LogP contribution in [0.1, 0.15) is 0 Å². The molecule has 0 spiro atoms. The Balaban J connectivity index is 2.91. The Kier molecular flexibility index (Phi) is 1.95. The van der Waals surface area contributed by atoms with Gasteiger partial charge in [0.25, 0.3) is 0 Å². The summed E-state index contributed by atoms with van der Waals surface area (Å²) in [6.45, 7) is 3.53. The van der Waals surface area contributed by atoms with Crippen molar-refractivity contribution in [3.8, 4) is 0 Å². The molecule has 0 heterocycles. The summed E-state index contributed by atoms with van der Waals surface area (Å²) in [4.78, 5) is 0. The van der Waals surface area contributed by atoms with Crippen LogP contribution >= 0.6 is 0 Å². The van der Waals surface area contributed by atoms with Crippen molar-refractivity contribution < 1.29 is 0 Å². The minimum Gasteiger partial charge on any atom is -0.397 e. The van der Waals surface area contributed by atoms with Crippen molar-refractivity contribution in [2.45, 2.75) is 0 Å². The van der Waals surface area contributed by atoms with E-state index in [0.717, 1.165) is 11.4 Å². The molecule has 0 aromatic heterocycles. The van der Waals surface area contributed by atoms with Gasteiger partial charge in [-0.15, -0.1) is 0 Å². The summed E-state index contributed by atoms with van der Waals surface area (Å²) in [5, 5.41) is 2.91. The number of anilines is 2. The number of hydrogen-bond acceptors (Lipinski definition) is 2. The third-order valence-corrected chi connectivity index (χ3v) is 1.22. The zero-order valence-corrected chi connectivity index (χ0v) is 5.67. The van der Waals surface area contributed by atoms with Crippen LogP contribution in [0.3, 0.4) is 0 Å². The molecule has 0 amide bonds. The lowest BCUT2D eigenvalue weighted by Gasteiger charge is -2.02. The van der Waals surface area contributed by atoms with Gasteiger partial charge in [0, 0.05) is 0 Å². The molecule has 2 heteroatoms. The van der Waals surface area contributed by atoms with E-state index in [1.807, 2.05) is 24.3 Å². The second-order valence-electron chi connectivity index (χ2n) is 1.94. The highest BCUT2D eigenvalue weighted by Gasteiger charge is 1.90. The van der Waals surface area contributed by atoms with Gasteiger partial charge in [0.1, 0.15) is 0 Å². The Morgan fingerprint density at radius 3 is 2.70 bits per heavy atom. The molecule has 0 radical (unpaired) electrons. The number of rotatable bonds is 2. The van der Waals surface area contributed by atoms with Crippen molar-refractivity contribution in [2.75, 3.05) is 11.1 Å². The van der Waals surface area contributed by atoms with Crippen LogP contribution in [-0.4, -0.2) is 0 Å². The standard InChI is InChI=1S/C8H10N2/c1-2-10-8-6-4-3-5-7(8)9/h2-6,10H,1,9H2. The Bertz CT molecular complexity index is 230. The first-order valence-corrected chi connectivity index (χ1v) is 3.06. The largest absolute Gasteiger partial charge is 0.397 e. The molecule has 52 valence electrons. The van der Waals surface area contributed by atoms with Gasteiger partial charge in [0.05, 0.1) is 11.4 Å². The predicted molar refractivity (Wildman–Crippen MR) is 44.7 cm³/mol. The fourth-order valence-electron chi connectivity index (χ4n) is 0.738. The van der Waals surface area contributed by atoms with Crippen LogP contribution < -0.4 is 11.1 Å². The summed E-state index contributed by atoms with van der Waals surface area (Å²) in [6.07, 6.45) is 1.60. The maximum Gasteiger partial charge on any atom is 0.0613 e. The summed E-state index contributed by atoms with van der Waals surface area (Å²) in [7, 11) is 0. The van der Waals surface area contributed by atoms with Crippen LogP contribution in [0, 0.1) is 0 Å². The molecule has 0 saturated heterocycles. The van der Waals surface area contributed by atoms with Crippen molar-refractivity contribution in [2.24, 2.45) is 0 Å². The van der Waals surface area contributed by atoms with Crippen LogP contribution in [0.25, 0.3) is 0 Å². The molecule has 1 aromatic carbocycles. The maximum atomic E-state index is 5.60. The fourth-order valence-corrected chi connectivity index (χ4v) is 0.738. The Morgan fingerprint density at radius 2 is 2.10 bits per heavy atom. The summed E-state index contributed by atoms with van der Waals surface area (Å²) >= 11 is 0. The Hall–Kier alpha value is -1.44. The van der Waals surface area contributed by atoms with Crippen molar-refractivity contribution in [3.63, 3.8) is 0 Å². The molecule has 3 N–H and O–H groups in total. The van der Waals surface area contributed by atoms with Gasteiger partial charge in [0.2, 0.25) is 0 Å². The molecule has 2 nitrogen and oxygen atoms in total. The Morgan fingerprint density at radius 1 is 1.40 bits per heavy atom. The van der Waals surface area contributed by atoms with Crippen LogP contribution in [0.5, 0.6) is 0 Å². The normalized spacial score (nSPS) is 8.80. The number of nitrogen functional groups attached to an aromatic ring is 1. The fraction of sp³-hybridized carbons (Fsp3) is 0. The van der Waals surface area contributed by atoms with Gasteiger partial charge >= 0.3 is 0 Å². The number of hydrogen-bond donors (Lipinski definition) is 2. The predicted octanol–water partition coefficient (Wildman–Crippen LogP) is 1.82. The average Bonchev–Trinajstić information content (AvgIpc) is 1.94. The highest BCUT2D eigenvalue weighted by atomic mass is 14.9. The zero-order valence-electron chi connectivity index (χ0n) is 5.67. The molecule has 0 aliphatic carbocycles. The number of nitrogens with two attached hydrogens (primary N) is 1. The van der Waals surface area contributed by atoms with Crippen molar-refractivity contribution in [3.05, 3.63) is 37.0 Å². The first-order chi connectivity index (χ1) is 4.84. The quantitative estimate of drug-likeness (QED) is 0.605. The van der Waals surface area contributed by atoms with Crippen LogP contribution in [0.15, 0.2) is 37.0 Å². The van der Waals surface area contributed by atoms with E-state index >= 15 is 0 Å². The van der Waals surface area contributed by atoms with Crippen LogP contribution in [-0.2, 0) is 0 Å². The van der Waals surface area contributed by atoms with Gasteiger partial charge in [-0.3, -0.25) is 0 Å². The molecule has 0 fully saturated rings. The van der Waals surface area contributed by atoms with E-state index in [1.165, 1.54) is 0 Å². The topological polar surface area (TPSA) is 38.0 Å². The lowest BCUT2D eigenvalue weighted by Crippen LogP contribution is -1.92. The van der Waals surface area contributed by atoms with Gasteiger partial charge in [-0.25, -0.2) is 0 Å². The Labute approximate surface area is 60.4 Å². The molecule has 0 saturated carbocycles. The van der Waals surface area contributed by atoms with Gasteiger partial charge in [-0.2, -0.15) is 0 Å².